The van der Waals surface area contributed by atoms with E-state index in [1.54, 1.807) is 24.3 Å². The van der Waals surface area contributed by atoms with Crippen LogP contribution in [0.4, 0.5) is 4.79 Å². The quantitative estimate of drug-likeness (QED) is 0.571. The summed E-state index contributed by atoms with van der Waals surface area (Å²) in [5.74, 6) is -0.808. The Bertz CT molecular complexity index is 860. The zero-order valence-electron chi connectivity index (χ0n) is 14.6. The molecule has 1 aromatic carbocycles. The van der Waals surface area contributed by atoms with Crippen LogP contribution in [0.3, 0.4) is 0 Å². The van der Waals surface area contributed by atoms with Crippen LogP contribution >= 0.6 is 0 Å². The lowest BCUT2D eigenvalue weighted by molar-refractivity contribution is -0.143. The van der Waals surface area contributed by atoms with Gasteiger partial charge in [0, 0.05) is 6.54 Å². The second kappa shape index (κ2) is 6.95. The number of para-hydroxylation sites is 1. The molecule has 0 atom stereocenters. The van der Waals surface area contributed by atoms with E-state index in [0.717, 1.165) is 9.80 Å². The molecule has 0 bridgehead atoms. The molecule has 0 N–H and O–H groups in total. The maximum atomic E-state index is 12.3. The van der Waals surface area contributed by atoms with E-state index in [4.69, 9.17) is 9.26 Å². The molecular formula is C17H18N4O5. The van der Waals surface area contributed by atoms with Gasteiger partial charge in [0.2, 0.25) is 11.7 Å². The lowest BCUT2D eigenvalue weighted by Crippen LogP contribution is -2.35. The SMILES string of the molecule is COc1ccccc1-c1noc(CN2C(=O)C(=O)N(CC(C)C)C2=O)n1. The standard InChI is InChI=1S/C17H18N4O5/c1-10(2)8-20-15(22)16(23)21(17(20)24)9-13-18-14(19-26-13)11-6-4-5-7-12(11)25-3/h4-7,10H,8-9H2,1-3H3. The van der Waals surface area contributed by atoms with Crippen molar-refractivity contribution in [3.8, 4) is 17.1 Å². The average molecular weight is 358 g/mol. The summed E-state index contributed by atoms with van der Waals surface area (Å²) in [5.41, 5.74) is 0.613. The Morgan fingerprint density at radius 3 is 2.50 bits per heavy atom. The number of hydrogen-bond donors (Lipinski definition) is 0. The monoisotopic (exact) mass is 358 g/mol. The molecule has 9 heteroatoms. The number of rotatable bonds is 6. The molecule has 1 aliphatic rings. The van der Waals surface area contributed by atoms with Gasteiger partial charge in [-0.2, -0.15) is 4.98 Å². The number of imide groups is 2. The average Bonchev–Trinajstić information content (AvgIpc) is 3.17. The highest BCUT2D eigenvalue weighted by Crippen LogP contribution is 2.27. The maximum Gasteiger partial charge on any atom is 0.334 e. The molecule has 9 nitrogen and oxygen atoms in total. The Labute approximate surface area is 149 Å². The number of ether oxygens (including phenoxy) is 1. The molecule has 0 spiro atoms. The van der Waals surface area contributed by atoms with Gasteiger partial charge >= 0.3 is 17.8 Å². The molecule has 1 aromatic heterocycles. The Hall–Kier alpha value is -3.23. The molecule has 0 unspecified atom stereocenters. The van der Waals surface area contributed by atoms with Crippen LogP contribution in [0.5, 0.6) is 5.75 Å². The van der Waals surface area contributed by atoms with E-state index in [9.17, 15) is 14.4 Å². The lowest BCUT2D eigenvalue weighted by atomic mass is 10.2. The van der Waals surface area contributed by atoms with Crippen molar-refractivity contribution in [2.75, 3.05) is 13.7 Å². The van der Waals surface area contributed by atoms with Crippen molar-refractivity contribution in [2.45, 2.75) is 20.4 Å². The van der Waals surface area contributed by atoms with Crippen molar-refractivity contribution in [3.63, 3.8) is 0 Å². The number of nitrogens with zero attached hydrogens (tertiary/aromatic N) is 4. The van der Waals surface area contributed by atoms with E-state index < -0.39 is 17.8 Å². The zero-order chi connectivity index (χ0) is 18.8. The Balaban J connectivity index is 1.80. The van der Waals surface area contributed by atoms with Gasteiger partial charge in [0.15, 0.2) is 0 Å². The molecular weight excluding hydrogens is 340 g/mol. The van der Waals surface area contributed by atoms with Crippen molar-refractivity contribution in [3.05, 3.63) is 30.2 Å². The van der Waals surface area contributed by atoms with Gasteiger partial charge in [0.1, 0.15) is 12.3 Å². The molecule has 2 heterocycles. The highest BCUT2D eigenvalue weighted by molar-refractivity contribution is 6.44. The van der Waals surface area contributed by atoms with Gasteiger partial charge in [-0.15, -0.1) is 0 Å². The van der Waals surface area contributed by atoms with Gasteiger partial charge in [0.05, 0.1) is 12.7 Å². The van der Waals surface area contributed by atoms with Gasteiger partial charge < -0.3 is 9.26 Å². The molecule has 0 aliphatic carbocycles. The molecule has 26 heavy (non-hydrogen) atoms. The van der Waals surface area contributed by atoms with Crippen LogP contribution in [-0.4, -0.2) is 51.4 Å². The summed E-state index contributed by atoms with van der Waals surface area (Å²) in [7, 11) is 1.52. The number of amides is 4. The summed E-state index contributed by atoms with van der Waals surface area (Å²) in [6.07, 6.45) is 0. The first-order chi connectivity index (χ1) is 12.4. The normalized spacial score (nSPS) is 14.7. The van der Waals surface area contributed by atoms with Crippen LogP contribution in [0.2, 0.25) is 0 Å². The van der Waals surface area contributed by atoms with Crippen LogP contribution in [0.25, 0.3) is 11.4 Å². The minimum atomic E-state index is -0.896. The van der Waals surface area contributed by atoms with Crippen LogP contribution in [0.1, 0.15) is 19.7 Å². The van der Waals surface area contributed by atoms with E-state index in [0.29, 0.717) is 11.3 Å². The Morgan fingerprint density at radius 2 is 1.81 bits per heavy atom. The third-order valence-corrected chi connectivity index (χ3v) is 3.79. The summed E-state index contributed by atoms with van der Waals surface area (Å²) in [5, 5.41) is 3.86. The summed E-state index contributed by atoms with van der Waals surface area (Å²) in [4.78, 5) is 42.4. The highest BCUT2D eigenvalue weighted by Gasteiger charge is 2.45. The van der Waals surface area contributed by atoms with Crippen molar-refractivity contribution in [1.29, 1.82) is 0 Å². The number of carbonyl (C=O) groups is 3. The Morgan fingerprint density at radius 1 is 1.12 bits per heavy atom. The molecule has 0 saturated carbocycles. The second-order valence-electron chi connectivity index (χ2n) is 6.20. The summed E-state index contributed by atoms with van der Waals surface area (Å²) >= 11 is 0. The first kappa shape index (κ1) is 17.6. The van der Waals surface area contributed by atoms with Crippen LogP contribution in [0.15, 0.2) is 28.8 Å². The smallest absolute Gasteiger partial charge is 0.334 e. The highest BCUT2D eigenvalue weighted by atomic mass is 16.5. The van der Waals surface area contributed by atoms with Crippen molar-refractivity contribution >= 4 is 17.8 Å². The van der Waals surface area contributed by atoms with Crippen molar-refractivity contribution < 1.29 is 23.6 Å². The molecule has 4 amide bonds. The molecule has 1 aliphatic heterocycles. The molecule has 2 aromatic rings. The van der Waals surface area contributed by atoms with Crippen LogP contribution < -0.4 is 4.74 Å². The fourth-order valence-corrected chi connectivity index (χ4v) is 2.61. The fourth-order valence-electron chi connectivity index (χ4n) is 2.61. The minimum Gasteiger partial charge on any atom is -0.496 e. The number of benzene rings is 1. The van der Waals surface area contributed by atoms with E-state index in [1.165, 1.54) is 7.11 Å². The van der Waals surface area contributed by atoms with E-state index >= 15 is 0 Å². The zero-order valence-corrected chi connectivity index (χ0v) is 14.6. The number of hydrogen-bond acceptors (Lipinski definition) is 7. The van der Waals surface area contributed by atoms with Crippen molar-refractivity contribution in [2.24, 2.45) is 5.92 Å². The number of urea groups is 1. The molecule has 1 fully saturated rings. The second-order valence-corrected chi connectivity index (χ2v) is 6.20. The van der Waals surface area contributed by atoms with Crippen molar-refractivity contribution in [1.82, 2.24) is 19.9 Å². The predicted octanol–water partition coefficient (Wildman–Crippen LogP) is 1.69. The minimum absolute atomic E-state index is 0.0480. The molecule has 0 radical (unpaired) electrons. The number of methoxy groups -OCH3 is 1. The molecule has 1 saturated heterocycles. The third-order valence-electron chi connectivity index (χ3n) is 3.79. The Kier molecular flexibility index (Phi) is 4.70. The van der Waals surface area contributed by atoms with Crippen LogP contribution in [0, 0.1) is 5.92 Å². The summed E-state index contributed by atoms with van der Waals surface area (Å²) < 4.78 is 10.4. The largest absolute Gasteiger partial charge is 0.496 e. The van der Waals surface area contributed by atoms with E-state index in [-0.39, 0.29) is 30.7 Å². The number of aromatic nitrogens is 2. The molecule has 3 rings (SSSR count). The topological polar surface area (TPSA) is 106 Å². The van der Waals surface area contributed by atoms with Crippen LogP contribution in [-0.2, 0) is 16.1 Å². The van der Waals surface area contributed by atoms with E-state index in [1.807, 2.05) is 13.8 Å². The van der Waals surface area contributed by atoms with E-state index in [2.05, 4.69) is 10.1 Å². The summed E-state index contributed by atoms with van der Waals surface area (Å²) in [6, 6.07) is 6.43. The predicted molar refractivity (Wildman–Crippen MR) is 88.8 cm³/mol. The van der Waals surface area contributed by atoms with Gasteiger partial charge in [-0.25, -0.2) is 9.69 Å². The number of carbonyl (C=O) groups excluding carboxylic acids is 3. The fraction of sp³-hybridized carbons (Fsp3) is 0.353. The van der Waals surface area contributed by atoms with Gasteiger partial charge in [-0.05, 0) is 18.1 Å². The van der Waals surface area contributed by atoms with Gasteiger partial charge in [0.25, 0.3) is 0 Å². The lowest BCUT2D eigenvalue weighted by Gasteiger charge is -2.15. The van der Waals surface area contributed by atoms with Gasteiger partial charge in [-0.1, -0.05) is 31.1 Å². The first-order valence-electron chi connectivity index (χ1n) is 8.05. The maximum absolute atomic E-state index is 12.3. The van der Waals surface area contributed by atoms with Gasteiger partial charge in [-0.3, -0.25) is 14.5 Å². The third kappa shape index (κ3) is 3.15. The molecule has 136 valence electrons. The summed E-state index contributed by atoms with van der Waals surface area (Å²) in [6.45, 7) is 3.62. The first-order valence-corrected chi connectivity index (χ1v) is 8.05.